The highest BCUT2D eigenvalue weighted by molar-refractivity contribution is 7.99. The van der Waals surface area contributed by atoms with Gasteiger partial charge in [0.1, 0.15) is 0 Å². The molecule has 1 aromatic carbocycles. The van der Waals surface area contributed by atoms with Crippen LogP contribution < -0.4 is 0 Å². The third kappa shape index (κ3) is 6.04. The number of nitro benzene ring substituents is 1. The molecular formula is C13H19NO4S. The monoisotopic (exact) mass is 285 g/mol. The van der Waals surface area contributed by atoms with Crippen LogP contribution in [0.15, 0.2) is 29.2 Å². The number of nitrogens with zero attached hydrogens (tertiary/aromatic N) is 1. The molecule has 0 radical (unpaired) electrons. The lowest BCUT2D eigenvalue weighted by Gasteiger charge is -2.16. The van der Waals surface area contributed by atoms with Gasteiger partial charge >= 0.3 is 0 Å². The van der Waals surface area contributed by atoms with Gasteiger partial charge in [0.2, 0.25) is 0 Å². The molecule has 0 aliphatic heterocycles. The van der Waals surface area contributed by atoms with E-state index in [4.69, 9.17) is 9.47 Å². The smallest absolute Gasteiger partial charge is 0.269 e. The van der Waals surface area contributed by atoms with E-state index < -0.39 is 4.92 Å². The van der Waals surface area contributed by atoms with Gasteiger partial charge in [0.05, 0.1) is 4.92 Å². The zero-order valence-electron chi connectivity index (χ0n) is 11.2. The maximum atomic E-state index is 10.5. The molecule has 0 aliphatic carbocycles. The Balaban J connectivity index is 2.37. The van der Waals surface area contributed by atoms with Crippen molar-refractivity contribution >= 4 is 17.4 Å². The fraction of sp³-hybridized carbons (Fsp3) is 0.538. The standard InChI is InChI=1S/C13H19NO4S/c1-3-17-13(18-4-2)9-10-19-12-7-5-11(6-8-12)14(15)16/h5-8,13H,3-4,9-10H2,1-2H3. The van der Waals surface area contributed by atoms with Gasteiger partial charge in [0.25, 0.3) is 5.69 Å². The predicted octanol–water partition coefficient (Wildman–Crippen LogP) is 3.48. The van der Waals surface area contributed by atoms with Crippen molar-refractivity contribution in [2.24, 2.45) is 0 Å². The minimum atomic E-state index is -0.394. The van der Waals surface area contributed by atoms with Crippen LogP contribution in [-0.2, 0) is 9.47 Å². The number of non-ortho nitro benzene ring substituents is 1. The van der Waals surface area contributed by atoms with Gasteiger partial charge < -0.3 is 9.47 Å². The first kappa shape index (κ1) is 15.9. The molecule has 0 atom stereocenters. The first-order valence-corrected chi connectivity index (χ1v) is 7.26. The second-order valence-electron chi connectivity index (χ2n) is 3.73. The van der Waals surface area contributed by atoms with Gasteiger partial charge in [-0.1, -0.05) is 0 Å². The van der Waals surface area contributed by atoms with Crippen LogP contribution in [0, 0.1) is 10.1 Å². The number of hydrogen-bond donors (Lipinski definition) is 0. The zero-order chi connectivity index (χ0) is 14.1. The van der Waals surface area contributed by atoms with Crippen molar-refractivity contribution < 1.29 is 14.4 Å². The molecule has 0 aromatic heterocycles. The molecule has 0 fully saturated rings. The van der Waals surface area contributed by atoms with Crippen LogP contribution in [0.5, 0.6) is 0 Å². The SMILES string of the molecule is CCOC(CCSc1ccc([N+](=O)[O-])cc1)OCC. The van der Waals surface area contributed by atoms with Gasteiger partial charge in [-0.05, 0) is 26.0 Å². The second kappa shape index (κ2) is 8.90. The van der Waals surface area contributed by atoms with Crippen molar-refractivity contribution in [3.05, 3.63) is 34.4 Å². The van der Waals surface area contributed by atoms with Gasteiger partial charge in [-0.15, -0.1) is 11.8 Å². The Bertz CT molecular complexity index is 377. The summed E-state index contributed by atoms with van der Waals surface area (Å²) in [6.45, 7) is 5.14. The fourth-order valence-corrected chi connectivity index (χ4v) is 2.40. The first-order chi connectivity index (χ1) is 9.17. The number of benzene rings is 1. The van der Waals surface area contributed by atoms with Crippen molar-refractivity contribution in [3.63, 3.8) is 0 Å². The third-order valence-corrected chi connectivity index (χ3v) is 3.42. The van der Waals surface area contributed by atoms with E-state index in [0.29, 0.717) is 13.2 Å². The molecule has 0 saturated heterocycles. The Morgan fingerprint density at radius 3 is 2.26 bits per heavy atom. The van der Waals surface area contributed by atoms with Gasteiger partial charge in [0.15, 0.2) is 6.29 Å². The molecule has 1 rings (SSSR count). The summed E-state index contributed by atoms with van der Waals surface area (Å²) in [6, 6.07) is 6.56. The maximum Gasteiger partial charge on any atom is 0.269 e. The van der Waals surface area contributed by atoms with E-state index in [1.807, 2.05) is 13.8 Å². The molecule has 0 heterocycles. The summed E-state index contributed by atoms with van der Waals surface area (Å²) in [4.78, 5) is 11.1. The molecule has 106 valence electrons. The molecule has 5 nitrogen and oxygen atoms in total. The lowest BCUT2D eigenvalue weighted by Crippen LogP contribution is -2.18. The van der Waals surface area contributed by atoms with Crippen molar-refractivity contribution in [1.82, 2.24) is 0 Å². The number of hydrogen-bond acceptors (Lipinski definition) is 5. The van der Waals surface area contributed by atoms with E-state index in [1.54, 1.807) is 23.9 Å². The first-order valence-electron chi connectivity index (χ1n) is 6.27. The lowest BCUT2D eigenvalue weighted by molar-refractivity contribution is -0.384. The van der Waals surface area contributed by atoms with Crippen LogP contribution in [-0.4, -0.2) is 30.2 Å². The molecule has 0 unspecified atom stereocenters. The van der Waals surface area contributed by atoms with Crippen LogP contribution in [0.1, 0.15) is 20.3 Å². The van der Waals surface area contributed by atoms with Gasteiger partial charge in [-0.2, -0.15) is 0 Å². The predicted molar refractivity (Wildman–Crippen MR) is 75.5 cm³/mol. The molecule has 0 saturated carbocycles. The van der Waals surface area contributed by atoms with Crippen LogP contribution in [0.3, 0.4) is 0 Å². The number of rotatable bonds is 9. The molecule has 0 bridgehead atoms. The summed E-state index contributed by atoms with van der Waals surface area (Å²) < 4.78 is 10.9. The summed E-state index contributed by atoms with van der Waals surface area (Å²) >= 11 is 1.64. The van der Waals surface area contributed by atoms with Crippen molar-refractivity contribution in [3.8, 4) is 0 Å². The van der Waals surface area contributed by atoms with Crippen molar-refractivity contribution in [2.75, 3.05) is 19.0 Å². The maximum absolute atomic E-state index is 10.5. The molecule has 19 heavy (non-hydrogen) atoms. The summed E-state index contributed by atoms with van der Waals surface area (Å²) in [7, 11) is 0. The highest BCUT2D eigenvalue weighted by Gasteiger charge is 2.08. The summed E-state index contributed by atoms with van der Waals surface area (Å²) in [6.07, 6.45) is 0.629. The Hall–Kier alpha value is -1.11. The number of ether oxygens (including phenoxy) is 2. The molecule has 0 aliphatic rings. The van der Waals surface area contributed by atoms with Crippen LogP contribution in [0.4, 0.5) is 5.69 Å². The van der Waals surface area contributed by atoms with Gasteiger partial charge in [-0.25, -0.2) is 0 Å². The Morgan fingerprint density at radius 2 is 1.79 bits per heavy atom. The molecule has 6 heteroatoms. The summed E-state index contributed by atoms with van der Waals surface area (Å²) in [5, 5.41) is 10.5. The minimum Gasteiger partial charge on any atom is -0.353 e. The lowest BCUT2D eigenvalue weighted by atomic mass is 10.3. The molecule has 0 amide bonds. The Labute approximate surface area is 117 Å². The van der Waals surface area contributed by atoms with E-state index in [2.05, 4.69) is 0 Å². The van der Waals surface area contributed by atoms with E-state index in [1.165, 1.54) is 12.1 Å². The molecule has 0 spiro atoms. The molecule has 0 N–H and O–H groups in total. The van der Waals surface area contributed by atoms with Crippen LogP contribution in [0.2, 0.25) is 0 Å². The largest absolute Gasteiger partial charge is 0.353 e. The normalized spacial score (nSPS) is 10.9. The van der Waals surface area contributed by atoms with Gasteiger partial charge in [0, 0.05) is 42.4 Å². The van der Waals surface area contributed by atoms with Crippen LogP contribution >= 0.6 is 11.8 Å². The second-order valence-corrected chi connectivity index (χ2v) is 4.90. The minimum absolute atomic E-state index is 0.117. The Morgan fingerprint density at radius 1 is 1.21 bits per heavy atom. The van der Waals surface area contributed by atoms with E-state index in [9.17, 15) is 10.1 Å². The highest BCUT2D eigenvalue weighted by atomic mass is 32.2. The topological polar surface area (TPSA) is 61.6 Å². The average molecular weight is 285 g/mol. The van der Waals surface area contributed by atoms with E-state index in [-0.39, 0.29) is 12.0 Å². The molecule has 1 aromatic rings. The number of nitro groups is 1. The van der Waals surface area contributed by atoms with E-state index in [0.717, 1.165) is 17.1 Å². The number of thioether (sulfide) groups is 1. The van der Waals surface area contributed by atoms with Crippen molar-refractivity contribution in [2.45, 2.75) is 31.5 Å². The zero-order valence-corrected chi connectivity index (χ0v) is 12.0. The van der Waals surface area contributed by atoms with Gasteiger partial charge in [-0.3, -0.25) is 10.1 Å². The third-order valence-electron chi connectivity index (χ3n) is 2.37. The molecular weight excluding hydrogens is 266 g/mol. The fourth-order valence-electron chi connectivity index (χ4n) is 1.52. The van der Waals surface area contributed by atoms with Crippen molar-refractivity contribution in [1.29, 1.82) is 0 Å². The summed E-state index contributed by atoms with van der Waals surface area (Å²) in [5.41, 5.74) is 0.117. The highest BCUT2D eigenvalue weighted by Crippen LogP contribution is 2.22. The summed E-state index contributed by atoms with van der Waals surface area (Å²) in [5.74, 6) is 0.850. The quantitative estimate of drug-likeness (QED) is 0.301. The average Bonchev–Trinajstić information content (AvgIpc) is 2.40. The van der Waals surface area contributed by atoms with E-state index >= 15 is 0 Å². The van der Waals surface area contributed by atoms with Crippen LogP contribution in [0.25, 0.3) is 0 Å². The Kier molecular flexibility index (Phi) is 7.47.